The van der Waals surface area contributed by atoms with Gasteiger partial charge in [-0.15, -0.1) is 0 Å². The Labute approximate surface area is 201 Å². The number of rotatable bonds is 1. The van der Waals surface area contributed by atoms with Gasteiger partial charge in [0.1, 0.15) is 0 Å². The van der Waals surface area contributed by atoms with Gasteiger partial charge < -0.3 is 10.2 Å². The summed E-state index contributed by atoms with van der Waals surface area (Å²) in [5, 5.41) is 21.4. The van der Waals surface area contributed by atoms with Crippen LogP contribution in [0.5, 0.6) is 0 Å². The standard InChI is InChI=1S/C30H48O3/c1-25(2)14-16-30(24(32)33)17-15-28(6)19(20(30)18-25)8-9-22-27(5)12-11-23(31)26(3,4)21(27)10-13-29(22,28)7/h21-23,31H,8-18H2,1-7H3,(H,32,33)/t21-,22+,23-,27-,28+,29+,30-/m0/s1. The molecule has 5 aliphatic carbocycles. The zero-order chi connectivity index (χ0) is 24.2. The van der Waals surface area contributed by atoms with Crippen molar-refractivity contribution >= 4 is 5.97 Å². The van der Waals surface area contributed by atoms with E-state index < -0.39 is 11.4 Å². The number of aliphatic carboxylic acids is 1. The van der Waals surface area contributed by atoms with Crippen LogP contribution < -0.4 is 0 Å². The molecular weight excluding hydrogens is 408 g/mol. The van der Waals surface area contributed by atoms with Crippen LogP contribution in [0.2, 0.25) is 0 Å². The Morgan fingerprint density at radius 3 is 2.12 bits per heavy atom. The lowest BCUT2D eigenvalue weighted by atomic mass is 9.34. The van der Waals surface area contributed by atoms with Crippen molar-refractivity contribution in [1.82, 2.24) is 0 Å². The van der Waals surface area contributed by atoms with Gasteiger partial charge in [0.05, 0.1) is 11.5 Å². The molecule has 5 rings (SSSR count). The molecule has 4 fully saturated rings. The highest BCUT2D eigenvalue weighted by molar-refractivity contribution is 5.80. The quantitative estimate of drug-likeness (QED) is 0.405. The number of carbonyl (C=O) groups is 1. The minimum Gasteiger partial charge on any atom is -0.481 e. The number of aliphatic hydroxyl groups is 1. The van der Waals surface area contributed by atoms with Gasteiger partial charge in [0.2, 0.25) is 0 Å². The van der Waals surface area contributed by atoms with Crippen LogP contribution in [0, 0.1) is 44.3 Å². The van der Waals surface area contributed by atoms with E-state index in [2.05, 4.69) is 48.5 Å². The van der Waals surface area contributed by atoms with Crippen molar-refractivity contribution in [2.75, 3.05) is 0 Å². The van der Waals surface area contributed by atoms with Gasteiger partial charge in [0, 0.05) is 0 Å². The summed E-state index contributed by atoms with van der Waals surface area (Å²) in [7, 11) is 0. The minimum absolute atomic E-state index is 0.0214. The van der Waals surface area contributed by atoms with Crippen molar-refractivity contribution in [2.45, 2.75) is 125 Å². The summed E-state index contributed by atoms with van der Waals surface area (Å²) in [6.07, 6.45) is 11.2. The lowest BCUT2D eigenvalue weighted by Crippen LogP contribution is -2.64. The van der Waals surface area contributed by atoms with Crippen LogP contribution in [0.15, 0.2) is 11.1 Å². The molecule has 0 aliphatic heterocycles. The van der Waals surface area contributed by atoms with Crippen molar-refractivity contribution in [3.05, 3.63) is 11.1 Å². The van der Waals surface area contributed by atoms with Gasteiger partial charge in [-0.25, -0.2) is 0 Å². The average Bonchev–Trinajstić information content (AvgIpc) is 2.71. The van der Waals surface area contributed by atoms with Gasteiger partial charge in [0.25, 0.3) is 0 Å². The van der Waals surface area contributed by atoms with Crippen LogP contribution >= 0.6 is 0 Å². The molecule has 0 amide bonds. The predicted molar refractivity (Wildman–Crippen MR) is 133 cm³/mol. The lowest BCUT2D eigenvalue weighted by Gasteiger charge is -2.71. The van der Waals surface area contributed by atoms with Gasteiger partial charge >= 0.3 is 5.97 Å². The summed E-state index contributed by atoms with van der Waals surface area (Å²) in [5.74, 6) is 0.660. The third-order valence-corrected chi connectivity index (χ3v) is 12.9. The van der Waals surface area contributed by atoms with Crippen LogP contribution in [0.3, 0.4) is 0 Å². The molecule has 7 atom stereocenters. The van der Waals surface area contributed by atoms with Gasteiger partial charge in [0.15, 0.2) is 0 Å². The summed E-state index contributed by atoms with van der Waals surface area (Å²) in [4.78, 5) is 12.7. The van der Waals surface area contributed by atoms with Crippen molar-refractivity contribution in [3.63, 3.8) is 0 Å². The second-order valence-corrected chi connectivity index (χ2v) is 15.0. The van der Waals surface area contributed by atoms with Gasteiger partial charge in [-0.05, 0) is 110 Å². The van der Waals surface area contributed by atoms with Gasteiger partial charge in [-0.1, -0.05) is 59.6 Å². The van der Waals surface area contributed by atoms with Crippen molar-refractivity contribution < 1.29 is 15.0 Å². The molecule has 2 N–H and O–H groups in total. The summed E-state index contributed by atoms with van der Waals surface area (Å²) < 4.78 is 0. The molecule has 0 aromatic heterocycles. The zero-order valence-electron chi connectivity index (χ0n) is 22.3. The Hall–Kier alpha value is -0.830. The fraction of sp³-hybridized carbons (Fsp3) is 0.900. The molecule has 0 saturated heterocycles. The van der Waals surface area contributed by atoms with E-state index in [1.165, 1.54) is 24.8 Å². The summed E-state index contributed by atoms with van der Waals surface area (Å²) in [6.45, 7) is 17.0. The molecular formula is C30H48O3. The van der Waals surface area contributed by atoms with E-state index in [4.69, 9.17) is 0 Å². The molecule has 5 aliphatic rings. The molecule has 0 bridgehead atoms. The minimum atomic E-state index is -0.606. The molecule has 0 aromatic carbocycles. The van der Waals surface area contributed by atoms with Gasteiger partial charge in [-0.3, -0.25) is 4.79 Å². The monoisotopic (exact) mass is 456 g/mol. The fourth-order valence-electron chi connectivity index (χ4n) is 10.6. The first-order chi connectivity index (χ1) is 15.1. The molecule has 33 heavy (non-hydrogen) atoms. The topological polar surface area (TPSA) is 57.5 Å². The molecule has 0 radical (unpaired) electrons. The lowest BCUT2D eigenvalue weighted by molar-refractivity contribution is -0.205. The van der Waals surface area contributed by atoms with Crippen LogP contribution in [-0.4, -0.2) is 22.3 Å². The Balaban J connectivity index is 1.62. The molecule has 186 valence electrons. The average molecular weight is 457 g/mol. The smallest absolute Gasteiger partial charge is 0.313 e. The Bertz CT molecular complexity index is 898. The van der Waals surface area contributed by atoms with Crippen LogP contribution in [0.25, 0.3) is 0 Å². The first-order valence-corrected chi connectivity index (χ1v) is 13.8. The molecule has 3 heteroatoms. The Kier molecular flexibility index (Phi) is 4.99. The van der Waals surface area contributed by atoms with Crippen LogP contribution in [0.4, 0.5) is 0 Å². The zero-order valence-corrected chi connectivity index (χ0v) is 22.3. The van der Waals surface area contributed by atoms with E-state index in [1.807, 2.05) is 0 Å². The van der Waals surface area contributed by atoms with Crippen molar-refractivity contribution in [3.8, 4) is 0 Å². The van der Waals surface area contributed by atoms with E-state index in [9.17, 15) is 15.0 Å². The first-order valence-electron chi connectivity index (χ1n) is 13.8. The van der Waals surface area contributed by atoms with Crippen LogP contribution in [-0.2, 0) is 4.79 Å². The number of fused-ring (bicyclic) bond motifs is 6. The van der Waals surface area contributed by atoms with E-state index >= 15 is 0 Å². The number of carboxylic acid groups (broad SMARTS) is 1. The molecule has 0 unspecified atom stereocenters. The highest BCUT2D eigenvalue weighted by atomic mass is 16.4. The maximum absolute atomic E-state index is 12.7. The number of carboxylic acids is 1. The SMILES string of the molecule is CC1(C)CC[C@]2(C(=O)O)CC[C@]3(C)C(=C2C1)CC[C@@H]1[C@@]2(C)CC[C@H](O)C(C)(C)[C@@H]2CC[C@]13C. The fourth-order valence-corrected chi connectivity index (χ4v) is 10.6. The first kappa shape index (κ1) is 23.9. The Morgan fingerprint density at radius 2 is 1.45 bits per heavy atom. The number of hydrogen-bond acceptors (Lipinski definition) is 2. The van der Waals surface area contributed by atoms with Crippen LogP contribution in [0.1, 0.15) is 119 Å². The van der Waals surface area contributed by atoms with Crippen molar-refractivity contribution in [2.24, 2.45) is 44.3 Å². The van der Waals surface area contributed by atoms with E-state index in [-0.39, 0.29) is 33.2 Å². The molecule has 0 spiro atoms. The maximum atomic E-state index is 12.7. The second kappa shape index (κ2) is 6.89. The highest BCUT2D eigenvalue weighted by Gasteiger charge is 2.68. The normalized spacial score (nSPS) is 50.5. The maximum Gasteiger partial charge on any atom is 0.313 e. The summed E-state index contributed by atoms with van der Waals surface area (Å²) in [6, 6.07) is 0. The number of aliphatic hydroxyl groups excluding tert-OH is 1. The van der Waals surface area contributed by atoms with Gasteiger partial charge in [-0.2, -0.15) is 0 Å². The van der Waals surface area contributed by atoms with E-state index in [0.29, 0.717) is 11.8 Å². The van der Waals surface area contributed by atoms with E-state index in [1.54, 1.807) is 5.57 Å². The summed E-state index contributed by atoms with van der Waals surface area (Å²) in [5.41, 5.74) is 3.05. The third-order valence-electron chi connectivity index (χ3n) is 12.9. The van der Waals surface area contributed by atoms with E-state index in [0.717, 1.165) is 51.4 Å². The molecule has 0 heterocycles. The predicted octanol–water partition coefficient (Wildman–Crippen LogP) is 7.38. The highest BCUT2D eigenvalue weighted by Crippen LogP contribution is 2.75. The largest absolute Gasteiger partial charge is 0.481 e. The Morgan fingerprint density at radius 1 is 0.788 bits per heavy atom. The van der Waals surface area contributed by atoms with Crippen molar-refractivity contribution in [1.29, 1.82) is 0 Å². The summed E-state index contributed by atoms with van der Waals surface area (Å²) >= 11 is 0. The number of hydrogen-bond donors (Lipinski definition) is 2. The molecule has 0 aromatic rings. The number of allylic oxidation sites excluding steroid dienone is 1. The molecule has 3 nitrogen and oxygen atoms in total. The molecule has 4 saturated carbocycles. The third kappa shape index (κ3) is 2.87. The second-order valence-electron chi connectivity index (χ2n) is 15.0.